The van der Waals surface area contributed by atoms with Crippen LogP contribution in [0.15, 0.2) is 29.2 Å². The van der Waals surface area contributed by atoms with E-state index in [-0.39, 0.29) is 5.91 Å². The first-order valence-electron chi connectivity index (χ1n) is 7.68. The highest BCUT2D eigenvalue weighted by Gasteiger charge is 2.15. The molecule has 1 aromatic carbocycles. The number of rotatable bonds is 6. The van der Waals surface area contributed by atoms with Crippen molar-refractivity contribution < 1.29 is 4.79 Å². The lowest BCUT2D eigenvalue weighted by molar-refractivity contribution is 0.0947. The summed E-state index contributed by atoms with van der Waals surface area (Å²) >= 11 is 1.41. The van der Waals surface area contributed by atoms with E-state index in [0.29, 0.717) is 11.3 Å². The zero-order valence-corrected chi connectivity index (χ0v) is 13.1. The van der Waals surface area contributed by atoms with Crippen molar-refractivity contribution in [3.8, 4) is 6.07 Å². The molecule has 0 aromatic heterocycles. The Morgan fingerprint density at radius 2 is 2.05 bits per heavy atom. The number of nitrogens with one attached hydrogen (secondary N) is 1. The second kappa shape index (κ2) is 8.74. The quantitative estimate of drug-likeness (QED) is 0.808. The SMILES string of the molecule is N#CCSc1ccccc1C(=O)NCCC1CCCCC1. The monoisotopic (exact) mass is 302 g/mol. The fraction of sp³-hybridized carbons (Fsp3) is 0.529. The van der Waals surface area contributed by atoms with Crippen LogP contribution in [0.25, 0.3) is 0 Å². The van der Waals surface area contributed by atoms with Crippen LogP contribution in [0.5, 0.6) is 0 Å². The van der Waals surface area contributed by atoms with Crippen LogP contribution >= 0.6 is 11.8 Å². The van der Waals surface area contributed by atoms with Gasteiger partial charge in [0.2, 0.25) is 0 Å². The van der Waals surface area contributed by atoms with Gasteiger partial charge in [0.05, 0.1) is 17.4 Å². The van der Waals surface area contributed by atoms with E-state index in [9.17, 15) is 4.79 Å². The summed E-state index contributed by atoms with van der Waals surface area (Å²) in [4.78, 5) is 13.1. The van der Waals surface area contributed by atoms with Crippen molar-refractivity contribution in [3.05, 3.63) is 29.8 Å². The Labute approximate surface area is 131 Å². The summed E-state index contributed by atoms with van der Waals surface area (Å²) in [6.07, 6.45) is 7.75. The number of carbonyl (C=O) groups is 1. The van der Waals surface area contributed by atoms with Crippen molar-refractivity contribution in [1.29, 1.82) is 5.26 Å². The lowest BCUT2D eigenvalue weighted by atomic mass is 9.87. The summed E-state index contributed by atoms with van der Waals surface area (Å²) in [5, 5.41) is 11.7. The number of hydrogen-bond acceptors (Lipinski definition) is 3. The van der Waals surface area contributed by atoms with Gasteiger partial charge in [0, 0.05) is 11.4 Å². The van der Waals surface area contributed by atoms with Gasteiger partial charge in [-0.15, -0.1) is 11.8 Å². The minimum absolute atomic E-state index is 0.0214. The van der Waals surface area contributed by atoms with Gasteiger partial charge in [0.25, 0.3) is 5.91 Å². The lowest BCUT2D eigenvalue weighted by Crippen LogP contribution is -2.26. The molecule has 0 heterocycles. The molecule has 1 fully saturated rings. The number of thioether (sulfide) groups is 1. The molecule has 0 aliphatic heterocycles. The number of benzene rings is 1. The normalized spacial score (nSPS) is 15.4. The largest absolute Gasteiger partial charge is 0.352 e. The molecule has 1 aromatic rings. The van der Waals surface area contributed by atoms with Gasteiger partial charge in [-0.25, -0.2) is 0 Å². The highest BCUT2D eigenvalue weighted by Crippen LogP contribution is 2.26. The van der Waals surface area contributed by atoms with Gasteiger partial charge in [-0.1, -0.05) is 44.2 Å². The van der Waals surface area contributed by atoms with Crippen molar-refractivity contribution in [1.82, 2.24) is 5.32 Å². The molecule has 112 valence electrons. The maximum atomic E-state index is 12.3. The minimum Gasteiger partial charge on any atom is -0.352 e. The summed E-state index contributed by atoms with van der Waals surface area (Å²) in [7, 11) is 0. The van der Waals surface area contributed by atoms with Crippen LogP contribution < -0.4 is 5.32 Å². The Balaban J connectivity index is 1.83. The second-order valence-electron chi connectivity index (χ2n) is 5.49. The number of hydrogen-bond donors (Lipinski definition) is 1. The zero-order chi connectivity index (χ0) is 14.9. The molecule has 0 spiro atoms. The van der Waals surface area contributed by atoms with Crippen LogP contribution in [0.1, 0.15) is 48.9 Å². The van der Waals surface area contributed by atoms with E-state index in [2.05, 4.69) is 11.4 Å². The number of carbonyl (C=O) groups excluding carboxylic acids is 1. The van der Waals surface area contributed by atoms with Crippen LogP contribution in [0.4, 0.5) is 0 Å². The summed E-state index contributed by atoms with van der Waals surface area (Å²) in [5.74, 6) is 1.13. The first-order chi connectivity index (χ1) is 10.3. The topological polar surface area (TPSA) is 52.9 Å². The molecule has 1 saturated carbocycles. The molecule has 1 N–H and O–H groups in total. The van der Waals surface area contributed by atoms with E-state index in [4.69, 9.17) is 5.26 Å². The first kappa shape index (κ1) is 15.9. The molecule has 1 aliphatic rings. The Kier molecular flexibility index (Phi) is 6.62. The van der Waals surface area contributed by atoms with Crippen LogP contribution in [0, 0.1) is 17.2 Å². The molecule has 1 amide bonds. The number of nitriles is 1. The summed E-state index contributed by atoms with van der Waals surface area (Å²) in [5.41, 5.74) is 0.682. The van der Waals surface area contributed by atoms with Crippen LogP contribution in [-0.4, -0.2) is 18.2 Å². The van der Waals surface area contributed by atoms with Gasteiger partial charge in [0.1, 0.15) is 0 Å². The molecule has 1 aliphatic carbocycles. The molecule has 0 atom stereocenters. The van der Waals surface area contributed by atoms with Gasteiger partial charge in [-0.3, -0.25) is 4.79 Å². The fourth-order valence-electron chi connectivity index (χ4n) is 2.85. The molecule has 0 saturated heterocycles. The third kappa shape index (κ3) is 5.09. The Bertz CT molecular complexity index is 504. The smallest absolute Gasteiger partial charge is 0.252 e. The number of nitrogens with zero attached hydrogens (tertiary/aromatic N) is 1. The third-order valence-corrected chi connectivity index (χ3v) is 4.93. The average Bonchev–Trinajstić information content (AvgIpc) is 2.54. The Morgan fingerprint density at radius 3 is 2.81 bits per heavy atom. The van der Waals surface area contributed by atoms with Gasteiger partial charge in [-0.05, 0) is 24.5 Å². The van der Waals surface area contributed by atoms with Crippen molar-refractivity contribution >= 4 is 17.7 Å². The maximum absolute atomic E-state index is 12.3. The Hall–Kier alpha value is -1.47. The maximum Gasteiger partial charge on any atom is 0.252 e. The second-order valence-corrected chi connectivity index (χ2v) is 6.51. The molecule has 3 nitrogen and oxygen atoms in total. The highest BCUT2D eigenvalue weighted by molar-refractivity contribution is 7.99. The van der Waals surface area contributed by atoms with E-state index in [1.165, 1.54) is 43.9 Å². The summed E-state index contributed by atoms with van der Waals surface area (Å²) in [6.45, 7) is 0.751. The fourth-order valence-corrected chi connectivity index (χ4v) is 3.56. The van der Waals surface area contributed by atoms with Gasteiger partial charge in [-0.2, -0.15) is 5.26 Å². The number of amides is 1. The zero-order valence-electron chi connectivity index (χ0n) is 12.3. The van der Waals surface area contributed by atoms with Crippen LogP contribution in [0.3, 0.4) is 0 Å². The lowest BCUT2D eigenvalue weighted by Gasteiger charge is -2.21. The summed E-state index contributed by atoms with van der Waals surface area (Å²) in [6, 6.07) is 9.60. The van der Waals surface area contributed by atoms with Crippen LogP contribution in [0.2, 0.25) is 0 Å². The van der Waals surface area contributed by atoms with Crippen LogP contribution in [-0.2, 0) is 0 Å². The highest BCUT2D eigenvalue weighted by atomic mass is 32.2. The Morgan fingerprint density at radius 1 is 1.29 bits per heavy atom. The standard InChI is InChI=1S/C17H22N2OS/c18-11-13-21-16-9-5-4-8-15(16)17(20)19-12-10-14-6-2-1-3-7-14/h4-5,8-9,14H,1-3,6-7,10,12-13H2,(H,19,20). The predicted molar refractivity (Wildman–Crippen MR) is 86.3 cm³/mol. The molecule has 4 heteroatoms. The van der Waals surface area contributed by atoms with E-state index in [1.807, 2.05) is 24.3 Å². The van der Waals surface area contributed by atoms with Crippen molar-refractivity contribution in [2.45, 2.75) is 43.4 Å². The van der Waals surface area contributed by atoms with Gasteiger partial charge < -0.3 is 5.32 Å². The van der Waals surface area contributed by atoms with E-state index in [1.54, 1.807) is 0 Å². The summed E-state index contributed by atoms with van der Waals surface area (Å²) < 4.78 is 0. The molecular weight excluding hydrogens is 280 g/mol. The molecule has 2 rings (SSSR count). The van der Waals surface area contributed by atoms with E-state index >= 15 is 0 Å². The van der Waals surface area contributed by atoms with Gasteiger partial charge in [0.15, 0.2) is 0 Å². The molecule has 0 bridgehead atoms. The molecule has 0 unspecified atom stereocenters. The van der Waals surface area contributed by atoms with Crippen molar-refractivity contribution in [2.24, 2.45) is 5.92 Å². The predicted octanol–water partition coefficient (Wildman–Crippen LogP) is 4.00. The van der Waals surface area contributed by atoms with Gasteiger partial charge >= 0.3 is 0 Å². The average molecular weight is 302 g/mol. The molecular formula is C17H22N2OS. The van der Waals surface area contributed by atoms with Crippen molar-refractivity contribution in [3.63, 3.8) is 0 Å². The molecule has 21 heavy (non-hydrogen) atoms. The molecule has 0 radical (unpaired) electrons. The van der Waals surface area contributed by atoms with Crippen molar-refractivity contribution in [2.75, 3.05) is 12.3 Å². The first-order valence-corrected chi connectivity index (χ1v) is 8.67. The minimum atomic E-state index is -0.0214. The van der Waals surface area contributed by atoms with E-state index in [0.717, 1.165) is 23.8 Å². The third-order valence-electron chi connectivity index (χ3n) is 3.99. The van der Waals surface area contributed by atoms with E-state index < -0.39 is 0 Å².